The van der Waals surface area contributed by atoms with Crippen LogP contribution in [-0.2, 0) is 11.3 Å². The molecular weight excluding hydrogens is 250 g/mol. The average molecular weight is 273 g/mol. The molecule has 1 aliphatic rings. The fraction of sp³-hybridized carbons (Fsp3) is 0.471. The van der Waals surface area contributed by atoms with E-state index in [1.165, 1.54) is 32.8 Å². The topological polar surface area (TPSA) is 38.3 Å². The van der Waals surface area contributed by atoms with Gasteiger partial charge in [0, 0.05) is 6.54 Å². The maximum atomic E-state index is 11.7. The maximum Gasteiger partial charge on any atom is 0.338 e. The lowest BCUT2D eigenvalue weighted by atomic mass is 9.97. The predicted molar refractivity (Wildman–Crippen MR) is 80.7 cm³/mol. The Labute approximate surface area is 121 Å². The van der Waals surface area contributed by atoms with Crippen LogP contribution in [0, 0.1) is 0 Å². The summed E-state index contributed by atoms with van der Waals surface area (Å²) in [5, 5.41) is 3.42. The first-order chi connectivity index (χ1) is 9.81. The Morgan fingerprint density at radius 2 is 2.15 bits per heavy atom. The molecule has 20 heavy (non-hydrogen) atoms. The standard InChI is InChI=1S/C17H23NO2/c1-20-17(19)16-10-6-5-9-15(16)13-18-12-11-14-7-3-2-4-8-14/h5-7,9-10,18H,2-4,8,11-13H2,1H3. The van der Waals surface area contributed by atoms with E-state index in [0.29, 0.717) is 12.1 Å². The molecule has 0 aromatic heterocycles. The second-order valence-corrected chi connectivity index (χ2v) is 5.18. The zero-order valence-electron chi connectivity index (χ0n) is 12.2. The third-order valence-corrected chi connectivity index (χ3v) is 3.75. The second kappa shape index (κ2) is 7.85. The fourth-order valence-corrected chi connectivity index (χ4v) is 2.59. The summed E-state index contributed by atoms with van der Waals surface area (Å²) in [6.07, 6.45) is 8.65. The molecule has 2 rings (SSSR count). The molecule has 0 saturated carbocycles. The lowest BCUT2D eigenvalue weighted by Gasteiger charge is -2.13. The first kappa shape index (κ1) is 14.8. The fourth-order valence-electron chi connectivity index (χ4n) is 2.59. The first-order valence-corrected chi connectivity index (χ1v) is 7.36. The first-order valence-electron chi connectivity index (χ1n) is 7.36. The zero-order chi connectivity index (χ0) is 14.2. The largest absolute Gasteiger partial charge is 0.465 e. The predicted octanol–water partition coefficient (Wildman–Crippen LogP) is 3.45. The monoisotopic (exact) mass is 273 g/mol. The third-order valence-electron chi connectivity index (χ3n) is 3.75. The molecule has 0 radical (unpaired) electrons. The van der Waals surface area contributed by atoms with Crippen LogP contribution in [0.15, 0.2) is 35.9 Å². The highest BCUT2D eigenvalue weighted by Crippen LogP contribution is 2.19. The summed E-state index contributed by atoms with van der Waals surface area (Å²) >= 11 is 0. The molecule has 0 amide bonds. The number of rotatable bonds is 6. The lowest BCUT2D eigenvalue weighted by Crippen LogP contribution is -2.18. The number of allylic oxidation sites excluding steroid dienone is 1. The van der Waals surface area contributed by atoms with Crippen LogP contribution in [-0.4, -0.2) is 19.6 Å². The second-order valence-electron chi connectivity index (χ2n) is 5.18. The third kappa shape index (κ3) is 4.20. The van der Waals surface area contributed by atoms with Gasteiger partial charge >= 0.3 is 5.97 Å². The van der Waals surface area contributed by atoms with Crippen LogP contribution in [0.3, 0.4) is 0 Å². The summed E-state index contributed by atoms with van der Waals surface area (Å²) < 4.78 is 4.80. The Morgan fingerprint density at radius 3 is 2.90 bits per heavy atom. The van der Waals surface area contributed by atoms with Crippen molar-refractivity contribution in [3.8, 4) is 0 Å². The van der Waals surface area contributed by atoms with Crippen molar-refractivity contribution in [3.63, 3.8) is 0 Å². The summed E-state index contributed by atoms with van der Waals surface area (Å²) in [6.45, 7) is 1.67. The molecule has 0 bridgehead atoms. The molecule has 1 N–H and O–H groups in total. The summed E-state index contributed by atoms with van der Waals surface area (Å²) in [5.41, 5.74) is 3.22. The number of benzene rings is 1. The van der Waals surface area contributed by atoms with Gasteiger partial charge in [0.25, 0.3) is 0 Å². The zero-order valence-corrected chi connectivity index (χ0v) is 12.2. The van der Waals surface area contributed by atoms with Crippen molar-refractivity contribution in [3.05, 3.63) is 47.0 Å². The molecular formula is C17H23NO2. The number of hydrogen-bond donors (Lipinski definition) is 1. The normalized spacial score (nSPS) is 14.8. The minimum absolute atomic E-state index is 0.266. The summed E-state index contributed by atoms with van der Waals surface area (Å²) in [6, 6.07) is 7.60. The van der Waals surface area contributed by atoms with E-state index < -0.39 is 0 Å². The van der Waals surface area contributed by atoms with E-state index >= 15 is 0 Å². The van der Waals surface area contributed by atoms with Gasteiger partial charge in [-0.05, 0) is 50.3 Å². The van der Waals surface area contributed by atoms with E-state index in [0.717, 1.165) is 18.5 Å². The molecule has 108 valence electrons. The van der Waals surface area contributed by atoms with Gasteiger partial charge in [0.15, 0.2) is 0 Å². The molecule has 0 spiro atoms. The Hall–Kier alpha value is -1.61. The molecule has 0 aliphatic heterocycles. The number of carbonyl (C=O) groups is 1. The molecule has 0 saturated heterocycles. The lowest BCUT2D eigenvalue weighted by molar-refractivity contribution is 0.0599. The minimum atomic E-state index is -0.266. The van der Waals surface area contributed by atoms with Crippen LogP contribution in [0.1, 0.15) is 48.0 Å². The minimum Gasteiger partial charge on any atom is -0.465 e. The van der Waals surface area contributed by atoms with Crippen LogP contribution in [0.5, 0.6) is 0 Å². The van der Waals surface area contributed by atoms with Gasteiger partial charge in [0.1, 0.15) is 0 Å². The molecule has 3 heteroatoms. The van der Waals surface area contributed by atoms with Crippen molar-refractivity contribution >= 4 is 5.97 Å². The molecule has 1 aromatic rings. The van der Waals surface area contributed by atoms with Crippen LogP contribution >= 0.6 is 0 Å². The quantitative estimate of drug-likeness (QED) is 0.490. The molecule has 3 nitrogen and oxygen atoms in total. The highest BCUT2D eigenvalue weighted by atomic mass is 16.5. The Kier molecular flexibility index (Phi) is 5.81. The van der Waals surface area contributed by atoms with Gasteiger partial charge in [0.2, 0.25) is 0 Å². The van der Waals surface area contributed by atoms with Crippen molar-refractivity contribution in [2.75, 3.05) is 13.7 Å². The Balaban J connectivity index is 1.82. The van der Waals surface area contributed by atoms with Gasteiger partial charge in [-0.15, -0.1) is 0 Å². The van der Waals surface area contributed by atoms with Crippen LogP contribution in [0.2, 0.25) is 0 Å². The van der Waals surface area contributed by atoms with E-state index in [2.05, 4.69) is 11.4 Å². The van der Waals surface area contributed by atoms with Crippen LogP contribution < -0.4 is 5.32 Å². The number of ether oxygens (including phenoxy) is 1. The molecule has 0 fully saturated rings. The van der Waals surface area contributed by atoms with Crippen LogP contribution in [0.4, 0.5) is 0 Å². The van der Waals surface area contributed by atoms with Crippen molar-refractivity contribution in [2.24, 2.45) is 0 Å². The van der Waals surface area contributed by atoms with E-state index in [1.807, 2.05) is 24.3 Å². The van der Waals surface area contributed by atoms with Gasteiger partial charge in [-0.2, -0.15) is 0 Å². The number of esters is 1. The summed E-state index contributed by atoms with van der Waals surface area (Å²) in [4.78, 5) is 11.7. The van der Waals surface area contributed by atoms with Gasteiger partial charge in [-0.3, -0.25) is 0 Å². The number of carbonyl (C=O) groups excluding carboxylic acids is 1. The van der Waals surface area contributed by atoms with Gasteiger partial charge in [0.05, 0.1) is 12.7 Å². The highest BCUT2D eigenvalue weighted by Gasteiger charge is 2.10. The maximum absolute atomic E-state index is 11.7. The molecule has 0 atom stereocenters. The summed E-state index contributed by atoms with van der Waals surface area (Å²) in [5.74, 6) is -0.266. The summed E-state index contributed by atoms with van der Waals surface area (Å²) in [7, 11) is 1.42. The Morgan fingerprint density at radius 1 is 1.30 bits per heavy atom. The molecule has 0 heterocycles. The number of nitrogens with one attached hydrogen (secondary N) is 1. The van der Waals surface area contributed by atoms with Crippen LogP contribution in [0.25, 0.3) is 0 Å². The smallest absolute Gasteiger partial charge is 0.338 e. The molecule has 1 aliphatic carbocycles. The Bertz CT molecular complexity index is 480. The van der Waals surface area contributed by atoms with Crippen molar-refractivity contribution in [2.45, 2.75) is 38.6 Å². The number of hydrogen-bond acceptors (Lipinski definition) is 3. The van der Waals surface area contributed by atoms with E-state index in [9.17, 15) is 4.79 Å². The van der Waals surface area contributed by atoms with Crippen molar-refractivity contribution in [1.29, 1.82) is 0 Å². The van der Waals surface area contributed by atoms with Gasteiger partial charge in [-0.1, -0.05) is 29.8 Å². The molecule has 1 aromatic carbocycles. The number of methoxy groups -OCH3 is 1. The van der Waals surface area contributed by atoms with Crippen molar-refractivity contribution < 1.29 is 9.53 Å². The SMILES string of the molecule is COC(=O)c1ccccc1CNCCC1=CCCCC1. The highest BCUT2D eigenvalue weighted by molar-refractivity contribution is 5.90. The van der Waals surface area contributed by atoms with E-state index in [4.69, 9.17) is 4.74 Å². The van der Waals surface area contributed by atoms with E-state index in [1.54, 1.807) is 5.57 Å². The van der Waals surface area contributed by atoms with E-state index in [-0.39, 0.29) is 5.97 Å². The molecule has 0 unspecified atom stereocenters. The van der Waals surface area contributed by atoms with Crippen molar-refractivity contribution in [1.82, 2.24) is 5.32 Å². The van der Waals surface area contributed by atoms with Gasteiger partial charge < -0.3 is 10.1 Å². The van der Waals surface area contributed by atoms with Gasteiger partial charge in [-0.25, -0.2) is 4.79 Å². The average Bonchev–Trinajstić information content (AvgIpc) is 2.52.